The maximum absolute atomic E-state index is 12.2. The van der Waals surface area contributed by atoms with Gasteiger partial charge in [0.05, 0.1) is 5.75 Å². The van der Waals surface area contributed by atoms with Gasteiger partial charge in [-0.05, 0) is 31.5 Å². The molecule has 0 aliphatic rings. The highest BCUT2D eigenvalue weighted by Crippen LogP contribution is 2.17. The maximum atomic E-state index is 12.2. The average Bonchev–Trinajstić information content (AvgIpc) is 2.74. The van der Waals surface area contributed by atoms with Crippen molar-refractivity contribution in [1.29, 1.82) is 0 Å². The first-order valence-corrected chi connectivity index (χ1v) is 8.17. The van der Waals surface area contributed by atoms with Gasteiger partial charge in [0.2, 0.25) is 5.76 Å². The average molecular weight is 308 g/mol. The van der Waals surface area contributed by atoms with E-state index in [-0.39, 0.29) is 23.0 Å². The zero-order chi connectivity index (χ0) is 15.6. The summed E-state index contributed by atoms with van der Waals surface area (Å²) < 4.78 is 29.3. The van der Waals surface area contributed by atoms with Crippen molar-refractivity contribution in [3.8, 4) is 0 Å². The molecule has 21 heavy (non-hydrogen) atoms. The van der Waals surface area contributed by atoms with Crippen LogP contribution in [0.25, 0.3) is 0 Å². The highest BCUT2D eigenvalue weighted by Gasteiger charge is 2.17. The lowest BCUT2D eigenvalue weighted by Gasteiger charge is -2.06. The number of rotatable bonds is 5. The topological polar surface area (TPSA) is 84.6 Å². The third-order valence-corrected chi connectivity index (χ3v) is 4.40. The van der Waals surface area contributed by atoms with Crippen LogP contribution in [0.3, 0.4) is 0 Å². The highest BCUT2D eigenvalue weighted by molar-refractivity contribution is 7.89. The number of hydrogen-bond acceptors (Lipinski definition) is 4. The molecule has 2 rings (SSSR count). The van der Waals surface area contributed by atoms with Gasteiger partial charge >= 0.3 is 5.97 Å². The summed E-state index contributed by atoms with van der Waals surface area (Å²) in [6.45, 7) is 3.82. The first kappa shape index (κ1) is 15.3. The van der Waals surface area contributed by atoms with Crippen molar-refractivity contribution in [2.45, 2.75) is 25.4 Å². The molecular formula is C15H16O5S. The summed E-state index contributed by atoms with van der Waals surface area (Å²) in [5.74, 6) is -1.75. The third kappa shape index (κ3) is 4.19. The fraction of sp³-hybridized carbons (Fsp3) is 0.267. The van der Waals surface area contributed by atoms with Crippen LogP contribution in [0.1, 0.15) is 33.0 Å². The SMILES string of the molecule is Cc1cc(C)cc(CS(=O)(=O)Cc2ccc(C(=O)O)o2)c1. The van der Waals surface area contributed by atoms with Gasteiger partial charge in [-0.3, -0.25) is 0 Å². The number of carboxylic acid groups (broad SMARTS) is 1. The Kier molecular flexibility index (Phi) is 4.18. The lowest BCUT2D eigenvalue weighted by molar-refractivity contribution is 0.0660. The maximum Gasteiger partial charge on any atom is 0.371 e. The molecule has 0 saturated carbocycles. The molecule has 5 nitrogen and oxygen atoms in total. The Labute approximate surface area is 123 Å². The molecule has 0 unspecified atom stereocenters. The zero-order valence-corrected chi connectivity index (χ0v) is 12.6. The van der Waals surface area contributed by atoms with Crippen molar-refractivity contribution in [3.05, 3.63) is 58.5 Å². The van der Waals surface area contributed by atoms with Crippen LogP contribution in [0, 0.1) is 13.8 Å². The predicted molar refractivity (Wildman–Crippen MR) is 77.9 cm³/mol. The van der Waals surface area contributed by atoms with E-state index in [1.54, 1.807) is 0 Å². The van der Waals surface area contributed by atoms with Gasteiger partial charge in [0.25, 0.3) is 0 Å². The highest BCUT2D eigenvalue weighted by atomic mass is 32.2. The molecule has 0 aliphatic carbocycles. The normalized spacial score (nSPS) is 11.5. The summed E-state index contributed by atoms with van der Waals surface area (Å²) in [6, 6.07) is 8.26. The van der Waals surface area contributed by atoms with Crippen molar-refractivity contribution in [1.82, 2.24) is 0 Å². The van der Waals surface area contributed by atoms with Crippen LogP contribution >= 0.6 is 0 Å². The first-order chi connectivity index (χ1) is 9.75. The molecule has 2 aromatic rings. The molecule has 1 heterocycles. The Bertz CT molecular complexity index is 751. The van der Waals surface area contributed by atoms with Crippen LogP contribution in [0.5, 0.6) is 0 Å². The van der Waals surface area contributed by atoms with Gasteiger partial charge in [-0.15, -0.1) is 0 Å². The van der Waals surface area contributed by atoms with Gasteiger partial charge in [0.15, 0.2) is 9.84 Å². The standard InChI is InChI=1S/C15H16O5S/c1-10-5-11(2)7-12(6-10)8-21(18,19)9-13-3-4-14(20-13)15(16)17/h3-7H,8-9H2,1-2H3,(H,16,17). The molecule has 0 amide bonds. The number of sulfone groups is 1. The van der Waals surface area contributed by atoms with Gasteiger partial charge in [-0.1, -0.05) is 29.3 Å². The Morgan fingerprint density at radius 3 is 2.24 bits per heavy atom. The van der Waals surface area contributed by atoms with E-state index in [9.17, 15) is 13.2 Å². The van der Waals surface area contributed by atoms with Gasteiger partial charge in [0.1, 0.15) is 11.5 Å². The summed E-state index contributed by atoms with van der Waals surface area (Å²) >= 11 is 0. The Morgan fingerprint density at radius 1 is 1.10 bits per heavy atom. The molecule has 0 spiro atoms. The molecule has 6 heteroatoms. The van der Waals surface area contributed by atoms with Crippen molar-refractivity contribution in [2.75, 3.05) is 0 Å². The Balaban J connectivity index is 2.16. The molecule has 1 aromatic carbocycles. The fourth-order valence-electron chi connectivity index (χ4n) is 2.24. The molecular weight excluding hydrogens is 292 g/mol. The first-order valence-electron chi connectivity index (χ1n) is 6.35. The van der Waals surface area contributed by atoms with Crippen molar-refractivity contribution >= 4 is 15.8 Å². The Morgan fingerprint density at radius 2 is 1.71 bits per heavy atom. The molecule has 0 bridgehead atoms. The summed E-state index contributed by atoms with van der Waals surface area (Å²) in [4.78, 5) is 10.7. The number of benzene rings is 1. The van der Waals surface area contributed by atoms with Crippen molar-refractivity contribution in [3.63, 3.8) is 0 Å². The van der Waals surface area contributed by atoms with E-state index >= 15 is 0 Å². The predicted octanol–water partition coefficient (Wildman–Crippen LogP) is 2.71. The quantitative estimate of drug-likeness (QED) is 0.918. The summed E-state index contributed by atoms with van der Waals surface area (Å²) in [6.07, 6.45) is 0. The molecule has 0 atom stereocenters. The van der Waals surface area contributed by atoms with Crippen LogP contribution in [-0.4, -0.2) is 19.5 Å². The van der Waals surface area contributed by atoms with E-state index in [1.807, 2.05) is 32.0 Å². The zero-order valence-electron chi connectivity index (χ0n) is 11.8. The van der Waals surface area contributed by atoms with Crippen molar-refractivity contribution < 1.29 is 22.7 Å². The van der Waals surface area contributed by atoms with Crippen LogP contribution in [0.2, 0.25) is 0 Å². The van der Waals surface area contributed by atoms with E-state index in [0.717, 1.165) is 16.7 Å². The summed E-state index contributed by atoms with van der Waals surface area (Å²) in [5, 5.41) is 8.75. The smallest absolute Gasteiger partial charge is 0.371 e. The van der Waals surface area contributed by atoms with Gasteiger partial charge in [-0.25, -0.2) is 13.2 Å². The summed E-state index contributed by atoms with van der Waals surface area (Å²) in [5.41, 5.74) is 2.73. The summed E-state index contributed by atoms with van der Waals surface area (Å²) in [7, 11) is -3.42. The van der Waals surface area contributed by atoms with Gasteiger partial charge < -0.3 is 9.52 Å². The fourth-order valence-corrected chi connectivity index (χ4v) is 3.61. The van der Waals surface area contributed by atoms with Gasteiger partial charge in [0, 0.05) is 0 Å². The number of aromatic carboxylic acids is 1. The number of hydrogen-bond donors (Lipinski definition) is 1. The minimum Gasteiger partial charge on any atom is -0.475 e. The lowest BCUT2D eigenvalue weighted by Crippen LogP contribution is -2.07. The number of aryl methyl sites for hydroxylation is 2. The second kappa shape index (κ2) is 5.73. The number of carboxylic acids is 1. The van der Waals surface area contributed by atoms with Crippen LogP contribution in [-0.2, 0) is 21.3 Å². The molecule has 112 valence electrons. The molecule has 0 fully saturated rings. The van der Waals surface area contributed by atoms with E-state index in [2.05, 4.69) is 0 Å². The molecule has 0 radical (unpaired) electrons. The monoisotopic (exact) mass is 308 g/mol. The largest absolute Gasteiger partial charge is 0.475 e. The number of carbonyl (C=O) groups is 1. The lowest BCUT2D eigenvalue weighted by atomic mass is 10.1. The minimum absolute atomic E-state index is 0.0986. The van der Waals surface area contributed by atoms with E-state index in [0.29, 0.717) is 0 Å². The van der Waals surface area contributed by atoms with Crippen molar-refractivity contribution in [2.24, 2.45) is 0 Å². The number of furan rings is 1. The molecule has 1 aromatic heterocycles. The van der Waals surface area contributed by atoms with Crippen LogP contribution in [0.4, 0.5) is 0 Å². The molecule has 1 N–H and O–H groups in total. The molecule has 0 saturated heterocycles. The minimum atomic E-state index is -3.42. The second-order valence-corrected chi connectivity index (χ2v) is 7.16. The second-order valence-electron chi connectivity index (χ2n) is 5.10. The Hall–Kier alpha value is -2.08. The van der Waals surface area contributed by atoms with Gasteiger partial charge in [-0.2, -0.15) is 0 Å². The van der Waals surface area contributed by atoms with Crippen LogP contribution < -0.4 is 0 Å². The van der Waals surface area contributed by atoms with E-state index in [1.165, 1.54) is 12.1 Å². The molecule has 0 aliphatic heterocycles. The third-order valence-electron chi connectivity index (χ3n) is 2.90. The van der Waals surface area contributed by atoms with E-state index in [4.69, 9.17) is 9.52 Å². The van der Waals surface area contributed by atoms with Crippen LogP contribution in [0.15, 0.2) is 34.7 Å². The van der Waals surface area contributed by atoms with E-state index < -0.39 is 15.8 Å².